The molecular formula is C11H10N2OS. The number of nitrogens with zero attached hydrogens (tertiary/aromatic N) is 2. The second kappa shape index (κ2) is 3.31. The highest BCUT2D eigenvalue weighted by atomic mass is 32.1. The van der Waals surface area contributed by atoms with Gasteiger partial charge in [0.05, 0.1) is 5.56 Å². The molecule has 0 saturated heterocycles. The van der Waals surface area contributed by atoms with Crippen molar-refractivity contribution in [2.75, 3.05) is 13.1 Å². The van der Waals surface area contributed by atoms with E-state index in [2.05, 4.69) is 4.99 Å². The van der Waals surface area contributed by atoms with Gasteiger partial charge in [-0.2, -0.15) is 0 Å². The number of benzene rings is 1. The highest BCUT2D eigenvalue weighted by Gasteiger charge is 2.29. The predicted molar refractivity (Wildman–Crippen MR) is 62.4 cm³/mol. The average molecular weight is 218 g/mol. The molecule has 0 fully saturated rings. The van der Waals surface area contributed by atoms with Gasteiger partial charge in [0.1, 0.15) is 11.6 Å². The predicted octanol–water partition coefficient (Wildman–Crippen LogP) is 1.82. The van der Waals surface area contributed by atoms with Crippen LogP contribution in [0.4, 0.5) is 0 Å². The molecule has 0 unspecified atom stereocenters. The van der Waals surface area contributed by atoms with Crippen LogP contribution in [0.2, 0.25) is 0 Å². The summed E-state index contributed by atoms with van der Waals surface area (Å²) in [5.74, 6) is 1.78. The van der Waals surface area contributed by atoms with Gasteiger partial charge in [-0.05, 0) is 30.8 Å². The molecule has 4 heteroatoms. The Morgan fingerprint density at radius 2 is 2.20 bits per heavy atom. The Morgan fingerprint density at radius 3 is 3.13 bits per heavy atom. The van der Waals surface area contributed by atoms with Crippen LogP contribution in [0.1, 0.15) is 12.0 Å². The summed E-state index contributed by atoms with van der Waals surface area (Å²) < 4.78 is 5.58. The van der Waals surface area contributed by atoms with Crippen molar-refractivity contribution >= 4 is 23.2 Å². The number of para-hydroxylation sites is 1. The summed E-state index contributed by atoms with van der Waals surface area (Å²) >= 11 is 5.20. The Hall–Kier alpha value is -1.42. The van der Waals surface area contributed by atoms with Crippen LogP contribution in [-0.2, 0) is 0 Å². The topological polar surface area (TPSA) is 24.8 Å². The molecule has 3 nitrogen and oxygen atoms in total. The van der Waals surface area contributed by atoms with Crippen LogP contribution in [0, 0.1) is 0 Å². The van der Waals surface area contributed by atoms with Crippen LogP contribution in [0.5, 0.6) is 5.75 Å². The Morgan fingerprint density at radius 1 is 1.33 bits per heavy atom. The number of amidine groups is 1. The molecular weight excluding hydrogens is 208 g/mol. The van der Waals surface area contributed by atoms with E-state index in [0.29, 0.717) is 5.17 Å². The monoisotopic (exact) mass is 218 g/mol. The van der Waals surface area contributed by atoms with Gasteiger partial charge in [0, 0.05) is 13.1 Å². The van der Waals surface area contributed by atoms with Crippen LogP contribution in [-0.4, -0.2) is 29.0 Å². The van der Waals surface area contributed by atoms with E-state index < -0.39 is 0 Å². The molecule has 0 bridgehead atoms. The van der Waals surface area contributed by atoms with Crippen molar-refractivity contribution < 1.29 is 4.74 Å². The van der Waals surface area contributed by atoms with Crippen molar-refractivity contribution in [1.82, 2.24) is 4.90 Å². The van der Waals surface area contributed by atoms with E-state index in [1.54, 1.807) is 0 Å². The van der Waals surface area contributed by atoms with Crippen LogP contribution in [0.3, 0.4) is 0 Å². The van der Waals surface area contributed by atoms with Gasteiger partial charge in [0.25, 0.3) is 5.17 Å². The largest absolute Gasteiger partial charge is 0.431 e. The Labute approximate surface area is 93.4 Å². The van der Waals surface area contributed by atoms with Gasteiger partial charge in [0.2, 0.25) is 0 Å². The fourth-order valence-electron chi connectivity index (χ4n) is 1.90. The lowest BCUT2D eigenvalue weighted by atomic mass is 10.1. The fourth-order valence-corrected chi connectivity index (χ4v) is 2.17. The minimum atomic E-state index is 0.521. The molecule has 15 heavy (non-hydrogen) atoms. The third-order valence-electron chi connectivity index (χ3n) is 2.60. The molecule has 1 aromatic rings. The van der Waals surface area contributed by atoms with E-state index in [1.165, 1.54) is 0 Å². The van der Waals surface area contributed by atoms with E-state index >= 15 is 0 Å². The molecule has 0 saturated carbocycles. The molecule has 0 amide bonds. The van der Waals surface area contributed by atoms with E-state index in [9.17, 15) is 0 Å². The van der Waals surface area contributed by atoms with Crippen molar-refractivity contribution in [1.29, 1.82) is 0 Å². The summed E-state index contributed by atoms with van der Waals surface area (Å²) in [6.07, 6.45) is 1.04. The van der Waals surface area contributed by atoms with Gasteiger partial charge in [-0.25, -0.2) is 0 Å². The molecule has 0 N–H and O–H groups in total. The first-order chi connectivity index (χ1) is 7.36. The first-order valence-corrected chi connectivity index (χ1v) is 5.40. The van der Waals surface area contributed by atoms with E-state index in [-0.39, 0.29) is 0 Å². The second-order valence-corrected chi connectivity index (χ2v) is 3.92. The van der Waals surface area contributed by atoms with Crippen molar-refractivity contribution in [3.63, 3.8) is 0 Å². The van der Waals surface area contributed by atoms with Crippen molar-refractivity contribution in [3.05, 3.63) is 29.8 Å². The highest BCUT2D eigenvalue weighted by molar-refractivity contribution is 7.80. The Kier molecular flexibility index (Phi) is 1.95. The normalized spacial score (nSPS) is 18.8. The maximum absolute atomic E-state index is 5.58. The van der Waals surface area contributed by atoms with Crippen molar-refractivity contribution in [2.45, 2.75) is 6.42 Å². The first-order valence-electron chi connectivity index (χ1n) is 4.99. The summed E-state index contributed by atoms with van der Waals surface area (Å²) in [4.78, 5) is 6.49. The number of fused-ring (bicyclic) bond motifs is 3. The van der Waals surface area contributed by atoms with Crippen LogP contribution >= 0.6 is 12.2 Å². The van der Waals surface area contributed by atoms with Gasteiger partial charge in [0.15, 0.2) is 0 Å². The number of aliphatic imine (C=N–C) groups is 1. The third kappa shape index (κ3) is 1.33. The van der Waals surface area contributed by atoms with Gasteiger partial charge in [-0.1, -0.05) is 12.1 Å². The number of thiocarbonyl (C=S) groups is 1. The third-order valence-corrected chi connectivity index (χ3v) is 2.91. The SMILES string of the molecule is S=C1Oc2ccccc2C2=NCCCN12. The quantitative estimate of drug-likeness (QED) is 0.621. The molecule has 0 aliphatic carbocycles. The first kappa shape index (κ1) is 8.85. The zero-order valence-electron chi connectivity index (χ0n) is 8.14. The molecule has 76 valence electrons. The zero-order valence-corrected chi connectivity index (χ0v) is 8.96. The Bertz CT molecular complexity index is 456. The summed E-state index contributed by atoms with van der Waals surface area (Å²) in [6.45, 7) is 1.79. The smallest absolute Gasteiger partial charge is 0.270 e. The minimum absolute atomic E-state index is 0.521. The summed E-state index contributed by atoms with van der Waals surface area (Å²) in [6, 6.07) is 7.89. The number of hydrogen-bond acceptors (Lipinski definition) is 3. The zero-order chi connectivity index (χ0) is 10.3. The molecule has 3 rings (SSSR count). The molecule has 2 aliphatic heterocycles. The molecule has 0 atom stereocenters. The van der Waals surface area contributed by atoms with Crippen LogP contribution < -0.4 is 4.74 Å². The molecule has 1 aromatic carbocycles. The summed E-state index contributed by atoms with van der Waals surface area (Å²) in [5, 5.41) is 0.521. The Balaban J connectivity index is 2.17. The molecule has 0 aromatic heterocycles. The summed E-state index contributed by atoms with van der Waals surface area (Å²) in [7, 11) is 0. The lowest BCUT2D eigenvalue weighted by Crippen LogP contribution is -2.45. The van der Waals surface area contributed by atoms with Crippen LogP contribution in [0.25, 0.3) is 0 Å². The molecule has 2 aliphatic rings. The minimum Gasteiger partial charge on any atom is -0.431 e. The van der Waals surface area contributed by atoms with Crippen molar-refractivity contribution in [3.8, 4) is 5.75 Å². The number of rotatable bonds is 0. The van der Waals surface area contributed by atoms with Gasteiger partial charge >= 0.3 is 0 Å². The molecule has 2 heterocycles. The summed E-state index contributed by atoms with van der Waals surface area (Å²) in [5.41, 5.74) is 1.05. The maximum Gasteiger partial charge on any atom is 0.270 e. The lowest BCUT2D eigenvalue weighted by molar-refractivity contribution is 0.419. The average Bonchev–Trinajstić information content (AvgIpc) is 2.30. The molecule has 0 radical (unpaired) electrons. The number of hydrogen-bond donors (Lipinski definition) is 0. The van der Waals surface area contributed by atoms with Gasteiger partial charge < -0.3 is 4.74 Å². The van der Waals surface area contributed by atoms with E-state index in [4.69, 9.17) is 17.0 Å². The lowest BCUT2D eigenvalue weighted by Gasteiger charge is -2.33. The van der Waals surface area contributed by atoms with E-state index in [1.807, 2.05) is 29.2 Å². The van der Waals surface area contributed by atoms with Gasteiger partial charge in [-0.3, -0.25) is 9.89 Å². The second-order valence-electron chi connectivity index (χ2n) is 3.57. The standard InChI is InChI=1S/C11H10N2OS/c15-11-13-7-3-6-12-10(13)8-4-1-2-5-9(8)14-11/h1-2,4-5H,3,6-7H2. The maximum atomic E-state index is 5.58. The van der Waals surface area contributed by atoms with Crippen LogP contribution in [0.15, 0.2) is 29.3 Å². The highest BCUT2D eigenvalue weighted by Crippen LogP contribution is 2.27. The van der Waals surface area contributed by atoms with Crippen molar-refractivity contribution in [2.24, 2.45) is 4.99 Å². The van der Waals surface area contributed by atoms with Gasteiger partial charge in [-0.15, -0.1) is 0 Å². The molecule has 0 spiro atoms. The number of ether oxygens (including phenoxy) is 1. The van der Waals surface area contributed by atoms with E-state index in [0.717, 1.165) is 36.7 Å². The fraction of sp³-hybridized carbons (Fsp3) is 0.273.